The molecule has 1 amide bonds. The number of rotatable bonds is 4. The molecule has 25 heavy (non-hydrogen) atoms. The molecule has 0 spiro atoms. The fraction of sp³-hybridized carbons (Fsp3) is 0.650. The number of benzene rings is 1. The molecule has 1 aliphatic heterocycles. The second-order valence-corrected chi connectivity index (χ2v) is 7.91. The molecule has 1 saturated carbocycles. The van der Waals surface area contributed by atoms with Gasteiger partial charge in [-0.2, -0.15) is 0 Å². The van der Waals surface area contributed by atoms with Crippen LogP contribution in [0.25, 0.3) is 0 Å². The van der Waals surface area contributed by atoms with Gasteiger partial charge in [0.15, 0.2) is 11.5 Å². The lowest BCUT2D eigenvalue weighted by Gasteiger charge is -2.41. The molecule has 1 aromatic rings. The van der Waals surface area contributed by atoms with Crippen LogP contribution in [0, 0.1) is 11.8 Å². The first-order valence-electron chi connectivity index (χ1n) is 9.33. The Hall–Kier alpha value is -1.42. The van der Waals surface area contributed by atoms with Crippen molar-refractivity contribution in [3.8, 4) is 11.5 Å². The number of amides is 1. The van der Waals surface area contributed by atoms with Crippen molar-refractivity contribution in [3.63, 3.8) is 0 Å². The topological polar surface area (TPSA) is 38.8 Å². The minimum atomic E-state index is -0.0155. The Balaban J connectivity index is 1.79. The number of fused-ring (bicyclic) bond motifs is 1. The second-order valence-electron chi connectivity index (χ2n) is 7.50. The van der Waals surface area contributed by atoms with Crippen LogP contribution in [0.5, 0.6) is 11.5 Å². The van der Waals surface area contributed by atoms with Crippen LogP contribution in [-0.4, -0.2) is 37.1 Å². The first kappa shape index (κ1) is 18.4. The van der Waals surface area contributed by atoms with Crippen molar-refractivity contribution >= 4 is 17.5 Å². The summed E-state index contributed by atoms with van der Waals surface area (Å²) < 4.78 is 11.1. The van der Waals surface area contributed by atoms with Crippen molar-refractivity contribution in [2.24, 2.45) is 11.8 Å². The summed E-state index contributed by atoms with van der Waals surface area (Å²) in [5.41, 5.74) is 0.576. The van der Waals surface area contributed by atoms with Crippen LogP contribution in [0.2, 0.25) is 5.02 Å². The normalized spacial score (nSPS) is 23.3. The lowest BCUT2D eigenvalue weighted by atomic mass is 9.75. The number of hydrogen-bond acceptors (Lipinski definition) is 3. The standard InChI is InChI=1S/C20H28ClNO3/c1-13(2)25-19-17(21)10-16(11-18(19)24-3)20(23)22-9-8-14-6-4-5-7-15(14)12-22/h10-11,13-15H,4-9,12H2,1-3H3/t14-,15+/m0/s1. The van der Waals surface area contributed by atoms with Gasteiger partial charge >= 0.3 is 0 Å². The quantitative estimate of drug-likeness (QED) is 0.770. The van der Waals surface area contributed by atoms with Crippen LogP contribution >= 0.6 is 11.6 Å². The van der Waals surface area contributed by atoms with E-state index in [-0.39, 0.29) is 12.0 Å². The third-order valence-electron chi connectivity index (χ3n) is 5.41. The van der Waals surface area contributed by atoms with Gasteiger partial charge in [-0.25, -0.2) is 0 Å². The Morgan fingerprint density at radius 3 is 2.60 bits per heavy atom. The summed E-state index contributed by atoms with van der Waals surface area (Å²) >= 11 is 6.38. The molecule has 138 valence electrons. The van der Waals surface area contributed by atoms with Crippen molar-refractivity contribution in [1.29, 1.82) is 0 Å². The molecule has 3 rings (SSSR count). The van der Waals surface area contributed by atoms with E-state index in [4.69, 9.17) is 21.1 Å². The molecule has 2 fully saturated rings. The van der Waals surface area contributed by atoms with Gasteiger partial charge in [0.1, 0.15) is 0 Å². The number of ether oxygens (including phenoxy) is 2. The Bertz CT molecular complexity index is 632. The lowest BCUT2D eigenvalue weighted by Crippen LogP contribution is -2.44. The SMILES string of the molecule is COc1cc(C(=O)N2CC[C@@H]3CCCC[C@@H]3C2)cc(Cl)c1OC(C)C. The van der Waals surface area contributed by atoms with E-state index in [1.54, 1.807) is 19.2 Å². The van der Waals surface area contributed by atoms with E-state index in [2.05, 4.69) is 0 Å². The van der Waals surface area contributed by atoms with E-state index in [0.29, 0.717) is 28.0 Å². The molecule has 0 unspecified atom stereocenters. The summed E-state index contributed by atoms with van der Waals surface area (Å²) in [6.07, 6.45) is 6.32. The molecule has 1 saturated heterocycles. The molecule has 0 N–H and O–H groups in total. The number of hydrogen-bond donors (Lipinski definition) is 0. The highest BCUT2D eigenvalue weighted by Crippen LogP contribution is 2.39. The first-order chi connectivity index (χ1) is 12.0. The molecule has 2 aliphatic rings. The predicted molar refractivity (Wildman–Crippen MR) is 99.7 cm³/mol. The number of likely N-dealkylation sites (tertiary alicyclic amines) is 1. The van der Waals surface area contributed by atoms with Gasteiger partial charge in [-0.1, -0.05) is 30.9 Å². The van der Waals surface area contributed by atoms with Crippen molar-refractivity contribution < 1.29 is 14.3 Å². The number of carbonyl (C=O) groups excluding carboxylic acids is 1. The largest absolute Gasteiger partial charge is 0.493 e. The molecule has 5 heteroatoms. The van der Waals surface area contributed by atoms with E-state index >= 15 is 0 Å². The van der Waals surface area contributed by atoms with Crippen molar-refractivity contribution in [1.82, 2.24) is 4.90 Å². The molecular formula is C20H28ClNO3. The van der Waals surface area contributed by atoms with Gasteiger partial charge in [0.05, 0.1) is 18.2 Å². The lowest BCUT2D eigenvalue weighted by molar-refractivity contribution is 0.0520. The number of halogens is 1. The summed E-state index contributed by atoms with van der Waals surface area (Å²) in [7, 11) is 1.57. The maximum absolute atomic E-state index is 13.0. The van der Waals surface area contributed by atoms with Gasteiger partial charge in [0.25, 0.3) is 5.91 Å². The molecular weight excluding hydrogens is 338 g/mol. The minimum absolute atomic E-state index is 0.0155. The third-order valence-corrected chi connectivity index (χ3v) is 5.69. The number of nitrogens with zero attached hydrogens (tertiary/aromatic N) is 1. The Morgan fingerprint density at radius 2 is 1.92 bits per heavy atom. The summed E-state index contributed by atoms with van der Waals surface area (Å²) in [4.78, 5) is 15.0. The highest BCUT2D eigenvalue weighted by atomic mass is 35.5. The molecule has 1 aliphatic carbocycles. The maximum Gasteiger partial charge on any atom is 0.254 e. The molecule has 0 bridgehead atoms. The fourth-order valence-electron chi connectivity index (χ4n) is 4.16. The zero-order valence-corrected chi connectivity index (χ0v) is 16.1. The Morgan fingerprint density at radius 1 is 1.20 bits per heavy atom. The minimum Gasteiger partial charge on any atom is -0.493 e. The predicted octanol–water partition coefficient (Wildman–Crippen LogP) is 4.79. The molecule has 1 heterocycles. The van der Waals surface area contributed by atoms with Crippen LogP contribution in [0.15, 0.2) is 12.1 Å². The maximum atomic E-state index is 13.0. The zero-order valence-electron chi connectivity index (χ0n) is 15.4. The van der Waals surface area contributed by atoms with Gasteiger partial charge in [-0.15, -0.1) is 0 Å². The average molecular weight is 366 g/mol. The van der Waals surface area contributed by atoms with E-state index < -0.39 is 0 Å². The van der Waals surface area contributed by atoms with E-state index in [1.165, 1.54) is 25.7 Å². The van der Waals surface area contributed by atoms with Gasteiger partial charge in [0.2, 0.25) is 0 Å². The van der Waals surface area contributed by atoms with Crippen molar-refractivity contribution in [2.45, 2.75) is 52.1 Å². The van der Waals surface area contributed by atoms with Crippen LogP contribution in [0.3, 0.4) is 0 Å². The molecule has 2 atom stereocenters. The molecule has 0 radical (unpaired) electrons. The number of methoxy groups -OCH3 is 1. The summed E-state index contributed by atoms with van der Waals surface area (Å²) in [5, 5.41) is 0.420. The fourth-order valence-corrected chi connectivity index (χ4v) is 4.42. The van der Waals surface area contributed by atoms with Gasteiger partial charge in [-0.3, -0.25) is 4.79 Å². The van der Waals surface area contributed by atoms with Gasteiger partial charge in [0, 0.05) is 18.7 Å². The van der Waals surface area contributed by atoms with Crippen LogP contribution in [-0.2, 0) is 0 Å². The molecule has 4 nitrogen and oxygen atoms in total. The number of piperidine rings is 1. The van der Waals surface area contributed by atoms with Crippen LogP contribution in [0.1, 0.15) is 56.3 Å². The summed E-state index contributed by atoms with van der Waals surface area (Å²) in [6, 6.07) is 3.45. The van der Waals surface area contributed by atoms with E-state index in [9.17, 15) is 4.79 Å². The first-order valence-corrected chi connectivity index (χ1v) is 9.71. The van der Waals surface area contributed by atoms with E-state index in [0.717, 1.165) is 25.4 Å². The number of carbonyl (C=O) groups is 1. The highest BCUT2D eigenvalue weighted by Gasteiger charge is 2.33. The smallest absolute Gasteiger partial charge is 0.254 e. The van der Waals surface area contributed by atoms with Crippen LogP contribution in [0.4, 0.5) is 0 Å². The average Bonchev–Trinajstić information content (AvgIpc) is 2.61. The Labute approximate surface area is 155 Å². The van der Waals surface area contributed by atoms with Crippen molar-refractivity contribution in [3.05, 3.63) is 22.7 Å². The zero-order chi connectivity index (χ0) is 18.0. The van der Waals surface area contributed by atoms with E-state index in [1.807, 2.05) is 18.7 Å². The molecule has 0 aromatic heterocycles. The molecule has 1 aromatic carbocycles. The third kappa shape index (κ3) is 4.05. The second kappa shape index (κ2) is 7.86. The van der Waals surface area contributed by atoms with Gasteiger partial charge < -0.3 is 14.4 Å². The monoisotopic (exact) mass is 365 g/mol. The van der Waals surface area contributed by atoms with Crippen molar-refractivity contribution in [2.75, 3.05) is 20.2 Å². The highest BCUT2D eigenvalue weighted by molar-refractivity contribution is 6.32. The van der Waals surface area contributed by atoms with Gasteiger partial charge in [-0.05, 0) is 50.7 Å². The summed E-state index contributed by atoms with van der Waals surface area (Å²) in [6.45, 7) is 5.57. The summed E-state index contributed by atoms with van der Waals surface area (Å²) in [5.74, 6) is 2.52. The Kier molecular flexibility index (Phi) is 5.78. The van der Waals surface area contributed by atoms with Crippen LogP contribution < -0.4 is 9.47 Å².